The van der Waals surface area contributed by atoms with Gasteiger partial charge in [0.2, 0.25) is 11.5 Å². The van der Waals surface area contributed by atoms with Crippen LogP contribution in [0.15, 0.2) is 54.5 Å². The zero-order valence-corrected chi connectivity index (χ0v) is 17.2. The Kier molecular flexibility index (Phi) is 6.25. The van der Waals surface area contributed by atoms with Gasteiger partial charge in [-0.2, -0.15) is 0 Å². The van der Waals surface area contributed by atoms with Crippen molar-refractivity contribution in [3.05, 3.63) is 70.9 Å². The number of Topliss-reactive ketones (excluding diaryl/α,β-unsaturated/α-hetero) is 1. The molecule has 7 heteroatoms. The van der Waals surface area contributed by atoms with Gasteiger partial charge in [-0.3, -0.25) is 4.79 Å². The van der Waals surface area contributed by atoms with Crippen LogP contribution in [-0.2, 0) is 20.9 Å². The van der Waals surface area contributed by atoms with Gasteiger partial charge in [-0.15, -0.1) is 0 Å². The summed E-state index contributed by atoms with van der Waals surface area (Å²) >= 11 is 6.06. The number of methoxy groups -OCH3 is 1. The molecule has 1 aliphatic heterocycles. The van der Waals surface area contributed by atoms with Crippen molar-refractivity contribution in [2.75, 3.05) is 7.11 Å². The fourth-order valence-electron chi connectivity index (χ4n) is 3.85. The molecular formula is C23H22ClFO5. The Balaban J connectivity index is 1.39. The summed E-state index contributed by atoms with van der Waals surface area (Å²) < 4.78 is 36.7. The summed E-state index contributed by atoms with van der Waals surface area (Å²) in [4.78, 5) is 12.9. The molecule has 0 spiro atoms. The van der Waals surface area contributed by atoms with E-state index in [1.807, 2.05) is 6.07 Å². The quantitative estimate of drug-likeness (QED) is 0.638. The number of fused-ring (bicyclic) bond motifs is 1. The third-order valence-electron chi connectivity index (χ3n) is 5.49. The first-order valence-electron chi connectivity index (χ1n) is 9.82. The number of ketones is 1. The van der Waals surface area contributed by atoms with E-state index >= 15 is 0 Å². The Morgan fingerprint density at radius 1 is 1.13 bits per heavy atom. The lowest BCUT2D eigenvalue weighted by Crippen LogP contribution is -2.42. The van der Waals surface area contributed by atoms with Crippen LogP contribution >= 0.6 is 11.6 Å². The maximum Gasteiger partial charge on any atom is 0.208 e. The molecule has 3 unspecified atom stereocenters. The van der Waals surface area contributed by atoms with Gasteiger partial charge in [0.1, 0.15) is 18.2 Å². The average Bonchev–Trinajstić information content (AvgIpc) is 2.75. The molecule has 0 N–H and O–H groups in total. The Hall–Kier alpha value is -2.57. The van der Waals surface area contributed by atoms with Crippen molar-refractivity contribution in [3.63, 3.8) is 0 Å². The van der Waals surface area contributed by atoms with Crippen molar-refractivity contribution < 1.29 is 28.1 Å². The summed E-state index contributed by atoms with van der Waals surface area (Å²) in [6.45, 7) is 0.0828. The summed E-state index contributed by atoms with van der Waals surface area (Å²) in [7, 11) is 1.54. The molecule has 0 radical (unpaired) electrons. The molecule has 158 valence electrons. The van der Waals surface area contributed by atoms with Gasteiger partial charge < -0.3 is 18.9 Å². The molecule has 2 aliphatic rings. The lowest BCUT2D eigenvalue weighted by Gasteiger charge is -2.37. The molecule has 3 atom stereocenters. The van der Waals surface area contributed by atoms with Crippen LogP contribution in [0.25, 0.3) is 0 Å². The number of hydrogen-bond acceptors (Lipinski definition) is 5. The van der Waals surface area contributed by atoms with Gasteiger partial charge >= 0.3 is 0 Å². The van der Waals surface area contributed by atoms with E-state index in [2.05, 4.69) is 0 Å². The van der Waals surface area contributed by atoms with Crippen LogP contribution in [0.3, 0.4) is 0 Å². The molecule has 30 heavy (non-hydrogen) atoms. The van der Waals surface area contributed by atoms with E-state index in [9.17, 15) is 9.18 Å². The van der Waals surface area contributed by atoms with E-state index in [0.717, 1.165) is 0 Å². The van der Waals surface area contributed by atoms with Crippen molar-refractivity contribution in [1.82, 2.24) is 0 Å². The van der Waals surface area contributed by atoms with E-state index in [1.54, 1.807) is 37.4 Å². The fraction of sp³-hybridized carbons (Fsp3) is 0.348. The first kappa shape index (κ1) is 20.7. The average molecular weight is 433 g/mol. The molecule has 1 saturated carbocycles. The summed E-state index contributed by atoms with van der Waals surface area (Å²) in [6.07, 6.45) is 2.75. The van der Waals surface area contributed by atoms with Crippen LogP contribution in [0.4, 0.5) is 4.39 Å². The first-order valence-corrected chi connectivity index (χ1v) is 10.2. The minimum absolute atomic E-state index is 0.0828. The number of benzene rings is 2. The Morgan fingerprint density at radius 2 is 1.93 bits per heavy atom. The molecule has 1 aliphatic carbocycles. The monoisotopic (exact) mass is 432 g/mol. The molecule has 1 heterocycles. The highest BCUT2D eigenvalue weighted by atomic mass is 35.5. The predicted octanol–water partition coefficient (Wildman–Crippen LogP) is 5.06. The third kappa shape index (κ3) is 4.30. The number of hydrogen-bond donors (Lipinski definition) is 0. The van der Waals surface area contributed by atoms with Crippen LogP contribution in [0.1, 0.15) is 24.8 Å². The standard InChI is InChI=1S/C23H22ClFO5/c1-27-19-7-2-3-8-20(19)30-22-13-29-21-11-14(9-10-15(21)23(22)26)28-12-16-17(24)5-4-6-18(16)25/h2-8,13-15,21H,9-12H2,1H3. The molecule has 4 rings (SSSR count). The lowest BCUT2D eigenvalue weighted by atomic mass is 9.80. The van der Waals surface area contributed by atoms with E-state index in [-0.39, 0.29) is 42.1 Å². The molecule has 1 fully saturated rings. The van der Waals surface area contributed by atoms with Crippen LogP contribution in [-0.4, -0.2) is 25.1 Å². The second kappa shape index (κ2) is 9.06. The van der Waals surface area contributed by atoms with Crippen molar-refractivity contribution in [3.8, 4) is 11.5 Å². The maximum atomic E-state index is 13.9. The summed E-state index contributed by atoms with van der Waals surface area (Å²) in [5.41, 5.74) is 0.342. The molecule has 0 amide bonds. The number of carbonyl (C=O) groups is 1. The molecule has 0 bridgehead atoms. The number of allylic oxidation sites excluding steroid dienone is 1. The van der Waals surface area contributed by atoms with Gasteiger partial charge in [-0.25, -0.2) is 4.39 Å². The van der Waals surface area contributed by atoms with E-state index in [1.165, 1.54) is 12.3 Å². The van der Waals surface area contributed by atoms with Gasteiger partial charge in [-0.1, -0.05) is 29.8 Å². The smallest absolute Gasteiger partial charge is 0.208 e. The summed E-state index contributed by atoms with van der Waals surface area (Å²) in [6, 6.07) is 11.7. The number of rotatable bonds is 6. The minimum atomic E-state index is -0.388. The van der Waals surface area contributed by atoms with Gasteiger partial charge in [0.25, 0.3) is 0 Å². The lowest BCUT2D eigenvalue weighted by molar-refractivity contribution is -0.134. The van der Waals surface area contributed by atoms with Gasteiger partial charge in [-0.05, 0) is 37.1 Å². The molecule has 2 aromatic carbocycles. The third-order valence-corrected chi connectivity index (χ3v) is 5.84. The highest BCUT2D eigenvalue weighted by Gasteiger charge is 2.41. The number of carbonyl (C=O) groups excluding carboxylic acids is 1. The number of halogens is 2. The second-order valence-corrected chi connectivity index (χ2v) is 7.73. The van der Waals surface area contributed by atoms with Gasteiger partial charge in [0.15, 0.2) is 11.5 Å². The van der Waals surface area contributed by atoms with Crippen LogP contribution in [0.5, 0.6) is 11.5 Å². The zero-order chi connectivity index (χ0) is 21.1. The fourth-order valence-corrected chi connectivity index (χ4v) is 4.07. The Morgan fingerprint density at radius 3 is 2.70 bits per heavy atom. The van der Waals surface area contributed by atoms with Gasteiger partial charge in [0, 0.05) is 17.0 Å². The second-order valence-electron chi connectivity index (χ2n) is 7.33. The zero-order valence-electron chi connectivity index (χ0n) is 16.5. The Bertz CT molecular complexity index is 940. The largest absolute Gasteiger partial charge is 0.493 e. The van der Waals surface area contributed by atoms with Crippen molar-refractivity contribution in [1.29, 1.82) is 0 Å². The number of ether oxygens (including phenoxy) is 4. The van der Waals surface area contributed by atoms with Crippen LogP contribution in [0.2, 0.25) is 5.02 Å². The van der Waals surface area contributed by atoms with Gasteiger partial charge in [0.05, 0.1) is 25.7 Å². The van der Waals surface area contributed by atoms with E-state index < -0.39 is 0 Å². The van der Waals surface area contributed by atoms with Crippen LogP contribution in [0, 0.1) is 11.7 Å². The summed E-state index contributed by atoms with van der Waals surface area (Å²) in [5, 5.41) is 0.342. The Labute approximate surface area is 179 Å². The summed E-state index contributed by atoms with van der Waals surface area (Å²) in [5.74, 6) is 0.390. The maximum absolute atomic E-state index is 13.9. The SMILES string of the molecule is COc1ccccc1OC1=COC2CC(OCc3c(F)cccc3Cl)CCC2C1=O. The first-order chi connectivity index (χ1) is 14.6. The molecule has 2 aromatic rings. The highest BCUT2D eigenvalue weighted by molar-refractivity contribution is 6.31. The minimum Gasteiger partial charge on any atom is -0.493 e. The van der Waals surface area contributed by atoms with Crippen LogP contribution < -0.4 is 9.47 Å². The van der Waals surface area contributed by atoms with Crippen molar-refractivity contribution >= 4 is 17.4 Å². The molecule has 0 saturated heterocycles. The normalized spacial score (nSPS) is 23.2. The van der Waals surface area contributed by atoms with E-state index in [4.69, 9.17) is 30.5 Å². The van der Waals surface area contributed by atoms with E-state index in [0.29, 0.717) is 41.3 Å². The van der Waals surface area contributed by atoms with Crippen molar-refractivity contribution in [2.45, 2.75) is 38.1 Å². The van der Waals surface area contributed by atoms with Crippen molar-refractivity contribution in [2.24, 2.45) is 5.92 Å². The topological polar surface area (TPSA) is 54.0 Å². The molecular weight excluding hydrogens is 411 g/mol. The highest BCUT2D eigenvalue weighted by Crippen LogP contribution is 2.37. The molecule has 0 aromatic heterocycles. The number of para-hydroxylation sites is 2. The predicted molar refractivity (Wildman–Crippen MR) is 109 cm³/mol. The molecule has 5 nitrogen and oxygen atoms in total.